The first-order chi connectivity index (χ1) is 29.5. The van der Waals surface area contributed by atoms with Crippen LogP contribution in [0.3, 0.4) is 0 Å². The second kappa shape index (κ2) is 13.3. The van der Waals surface area contributed by atoms with E-state index in [1.165, 1.54) is 21.9 Å². The number of hydrogen-bond acceptors (Lipinski definition) is 3. The molecule has 0 spiro atoms. The van der Waals surface area contributed by atoms with E-state index in [0.717, 1.165) is 82.8 Å². The van der Waals surface area contributed by atoms with Crippen molar-refractivity contribution in [1.82, 2.24) is 23.7 Å². The van der Waals surface area contributed by atoms with E-state index in [-0.39, 0.29) is 10.8 Å². The Morgan fingerprint density at radius 3 is 1.39 bits per heavy atom. The molecule has 0 atom stereocenters. The molecule has 5 heterocycles. The molecular weight excluding hydrogens is 745 g/mol. The number of aromatic nitrogens is 5. The number of pyridine rings is 2. The van der Waals surface area contributed by atoms with E-state index in [1.807, 2.05) is 24.8 Å². The summed E-state index contributed by atoms with van der Waals surface area (Å²) in [6.45, 7) is 13.5. The van der Waals surface area contributed by atoms with Crippen molar-refractivity contribution in [2.24, 2.45) is 0 Å². The Hall–Kier alpha value is -7.49. The minimum Gasteiger partial charge on any atom is -0.309 e. The van der Waals surface area contributed by atoms with Gasteiger partial charge in [0.05, 0.1) is 44.5 Å². The summed E-state index contributed by atoms with van der Waals surface area (Å²) in [5.41, 5.74) is 14.2. The zero-order chi connectivity index (χ0) is 41.8. The lowest BCUT2D eigenvalue weighted by molar-refractivity contribution is 0.591. The van der Waals surface area contributed by atoms with Crippen molar-refractivity contribution in [3.05, 3.63) is 175 Å². The van der Waals surface area contributed by atoms with Gasteiger partial charge in [0.15, 0.2) is 0 Å². The highest BCUT2D eigenvalue weighted by molar-refractivity contribution is 6.12. The smallest absolute Gasteiger partial charge is 0.104 e. The van der Waals surface area contributed by atoms with Crippen molar-refractivity contribution in [1.29, 1.82) is 5.26 Å². The van der Waals surface area contributed by atoms with Crippen molar-refractivity contribution in [2.45, 2.75) is 52.4 Å². The van der Waals surface area contributed by atoms with Crippen LogP contribution in [0, 0.1) is 11.3 Å². The second-order valence-electron chi connectivity index (χ2n) is 18.3. The van der Waals surface area contributed by atoms with Crippen molar-refractivity contribution < 1.29 is 0 Å². The molecule has 0 saturated carbocycles. The summed E-state index contributed by atoms with van der Waals surface area (Å²) in [7, 11) is 0. The standard InChI is InChI=1S/C55H44N6/c1-54(2,3)36-18-20-48-41(29-36)39-14-7-9-16-46(39)60(48)52-27-35(34-12-11-13-38(26-34)59-50-22-24-57-32-44(50)45-33-58-25-23-51(45)59)28-53(43(52)31-56)61-47-17-10-8-15-40(47)42-30-37(55(4,5)6)19-21-49(42)61/h7-30,32-33H,1-6H3. The van der Waals surface area contributed by atoms with Gasteiger partial charge in [0.2, 0.25) is 0 Å². The van der Waals surface area contributed by atoms with Crippen LogP contribution in [0.1, 0.15) is 58.2 Å². The monoisotopic (exact) mass is 788 g/mol. The Bertz CT molecular complexity index is 3420. The van der Waals surface area contributed by atoms with Gasteiger partial charge in [-0.05, 0) is 106 Å². The summed E-state index contributed by atoms with van der Waals surface area (Å²) in [4.78, 5) is 8.93. The molecule has 0 aliphatic carbocycles. The molecule has 0 bridgehead atoms. The third-order valence-electron chi connectivity index (χ3n) is 12.6. The maximum Gasteiger partial charge on any atom is 0.104 e. The molecule has 294 valence electrons. The summed E-state index contributed by atoms with van der Waals surface area (Å²) >= 11 is 0. The van der Waals surface area contributed by atoms with Crippen LogP contribution in [0.15, 0.2) is 158 Å². The zero-order valence-corrected chi connectivity index (χ0v) is 35.2. The molecule has 0 fully saturated rings. The molecule has 11 rings (SSSR count). The van der Waals surface area contributed by atoms with Crippen molar-refractivity contribution in [3.8, 4) is 34.3 Å². The van der Waals surface area contributed by atoms with Crippen molar-refractivity contribution in [3.63, 3.8) is 0 Å². The Labute approximate surface area is 354 Å². The van der Waals surface area contributed by atoms with Crippen LogP contribution in [-0.2, 0) is 10.8 Å². The lowest BCUT2D eigenvalue weighted by Gasteiger charge is -2.21. The highest BCUT2D eigenvalue weighted by Gasteiger charge is 2.25. The molecule has 0 unspecified atom stereocenters. The minimum atomic E-state index is -0.0277. The largest absolute Gasteiger partial charge is 0.309 e. The molecule has 0 radical (unpaired) electrons. The number of rotatable bonds is 4. The quantitative estimate of drug-likeness (QED) is 0.178. The Kier molecular flexibility index (Phi) is 7.95. The van der Waals surface area contributed by atoms with Crippen LogP contribution in [0.5, 0.6) is 0 Å². The van der Waals surface area contributed by atoms with Gasteiger partial charge in [0.25, 0.3) is 0 Å². The molecule has 6 nitrogen and oxygen atoms in total. The Balaban J connectivity index is 1.25. The van der Waals surface area contributed by atoms with E-state index >= 15 is 0 Å². The summed E-state index contributed by atoms with van der Waals surface area (Å²) in [6, 6.07) is 50.9. The first-order valence-electron chi connectivity index (χ1n) is 20.9. The Morgan fingerprint density at radius 2 is 0.902 bits per heavy atom. The van der Waals surface area contributed by atoms with E-state index < -0.39 is 0 Å². The molecule has 5 aromatic heterocycles. The van der Waals surface area contributed by atoms with Gasteiger partial charge in [-0.2, -0.15) is 5.26 Å². The van der Waals surface area contributed by atoms with E-state index in [9.17, 15) is 5.26 Å². The number of para-hydroxylation sites is 2. The molecule has 6 aromatic carbocycles. The van der Waals surface area contributed by atoms with Gasteiger partial charge in [-0.15, -0.1) is 0 Å². The fourth-order valence-corrected chi connectivity index (χ4v) is 9.46. The maximum atomic E-state index is 11.5. The molecule has 6 heteroatoms. The summed E-state index contributed by atoms with van der Waals surface area (Å²) in [6.07, 6.45) is 7.54. The summed E-state index contributed by atoms with van der Waals surface area (Å²) < 4.78 is 6.92. The van der Waals surface area contributed by atoms with Gasteiger partial charge in [0.1, 0.15) is 11.6 Å². The van der Waals surface area contributed by atoms with Gasteiger partial charge in [-0.1, -0.05) is 102 Å². The normalized spacial score (nSPS) is 12.4. The minimum absolute atomic E-state index is 0.0277. The molecule has 0 saturated heterocycles. The number of fused-ring (bicyclic) bond motifs is 9. The predicted octanol–water partition coefficient (Wildman–Crippen LogP) is 13.9. The third kappa shape index (κ3) is 5.61. The Morgan fingerprint density at radius 1 is 0.426 bits per heavy atom. The lowest BCUT2D eigenvalue weighted by Crippen LogP contribution is -2.10. The van der Waals surface area contributed by atoms with Crippen LogP contribution in [0.25, 0.3) is 93.6 Å². The highest BCUT2D eigenvalue weighted by Crippen LogP contribution is 2.42. The molecule has 11 aromatic rings. The molecule has 61 heavy (non-hydrogen) atoms. The van der Waals surface area contributed by atoms with Crippen molar-refractivity contribution >= 4 is 65.4 Å². The van der Waals surface area contributed by atoms with Crippen LogP contribution in [-0.4, -0.2) is 23.7 Å². The number of benzene rings is 6. The first-order valence-corrected chi connectivity index (χ1v) is 20.9. The van der Waals surface area contributed by atoms with Crippen LogP contribution < -0.4 is 0 Å². The van der Waals surface area contributed by atoms with Gasteiger partial charge >= 0.3 is 0 Å². The third-order valence-corrected chi connectivity index (χ3v) is 12.6. The number of nitrogens with zero attached hydrogens (tertiary/aromatic N) is 6. The van der Waals surface area contributed by atoms with Crippen LogP contribution in [0.2, 0.25) is 0 Å². The van der Waals surface area contributed by atoms with Crippen LogP contribution in [0.4, 0.5) is 0 Å². The number of nitriles is 1. The van der Waals surface area contributed by atoms with E-state index in [1.54, 1.807) is 0 Å². The second-order valence-corrected chi connectivity index (χ2v) is 18.3. The fraction of sp³-hybridized carbons (Fsp3) is 0.145. The molecular formula is C55H44N6. The number of hydrogen-bond donors (Lipinski definition) is 0. The SMILES string of the molecule is CC(C)(C)c1ccc2c(c1)c1ccccc1n2-c1cc(-c2cccc(-n3c4ccncc4c4cnccc43)c2)cc(-n2c3ccccc3c3cc(C(C)(C)C)ccc32)c1C#N. The summed E-state index contributed by atoms with van der Waals surface area (Å²) in [5, 5.41) is 18.3. The van der Waals surface area contributed by atoms with Crippen LogP contribution >= 0.6 is 0 Å². The average molecular weight is 789 g/mol. The topological polar surface area (TPSA) is 64.4 Å². The van der Waals surface area contributed by atoms with E-state index in [2.05, 4.69) is 205 Å². The first kappa shape index (κ1) is 36.6. The molecule has 0 N–H and O–H groups in total. The lowest BCUT2D eigenvalue weighted by atomic mass is 9.86. The fourth-order valence-electron chi connectivity index (χ4n) is 9.46. The van der Waals surface area contributed by atoms with Gasteiger partial charge in [0, 0.05) is 62.8 Å². The molecule has 0 aliphatic heterocycles. The van der Waals surface area contributed by atoms with Gasteiger partial charge < -0.3 is 13.7 Å². The summed E-state index contributed by atoms with van der Waals surface area (Å²) in [5.74, 6) is 0. The highest BCUT2D eigenvalue weighted by atomic mass is 15.0. The molecule has 0 amide bonds. The molecule has 0 aliphatic rings. The average Bonchev–Trinajstić information content (AvgIpc) is 3.90. The van der Waals surface area contributed by atoms with Gasteiger partial charge in [-0.3, -0.25) is 9.97 Å². The zero-order valence-electron chi connectivity index (χ0n) is 35.2. The predicted molar refractivity (Wildman–Crippen MR) is 253 cm³/mol. The van der Waals surface area contributed by atoms with E-state index in [0.29, 0.717) is 5.56 Å². The van der Waals surface area contributed by atoms with Gasteiger partial charge in [-0.25, -0.2) is 0 Å². The van der Waals surface area contributed by atoms with E-state index in [4.69, 9.17) is 0 Å². The van der Waals surface area contributed by atoms with Crippen molar-refractivity contribution in [2.75, 3.05) is 0 Å². The maximum absolute atomic E-state index is 11.5.